The summed E-state index contributed by atoms with van der Waals surface area (Å²) in [4.78, 5) is 16.6. The maximum atomic E-state index is 14.2. The van der Waals surface area contributed by atoms with Crippen LogP contribution < -0.4 is 14.8 Å². The van der Waals surface area contributed by atoms with Crippen LogP contribution in [0.25, 0.3) is 34.0 Å². The van der Waals surface area contributed by atoms with Crippen LogP contribution in [-0.4, -0.2) is 48.6 Å². The summed E-state index contributed by atoms with van der Waals surface area (Å²) in [5.74, 6) is 0.405. The highest BCUT2D eigenvalue weighted by molar-refractivity contribution is 7.89. The van der Waals surface area contributed by atoms with Crippen LogP contribution in [0.15, 0.2) is 90.0 Å². The van der Waals surface area contributed by atoms with Gasteiger partial charge in [0.15, 0.2) is 11.6 Å². The summed E-state index contributed by atoms with van der Waals surface area (Å²) in [6.07, 6.45) is -2.68. The molecule has 2 aromatic heterocycles. The average Bonchev–Trinajstić information content (AvgIpc) is 3.47. The normalized spacial score (nSPS) is 11.8. The highest BCUT2D eigenvalue weighted by atomic mass is 32.2. The highest BCUT2D eigenvalue weighted by Gasteiger charge is 2.30. The van der Waals surface area contributed by atoms with Crippen LogP contribution in [-0.2, 0) is 16.2 Å². The quantitative estimate of drug-likeness (QED) is 0.119. The van der Waals surface area contributed by atoms with Crippen molar-refractivity contribution in [1.29, 1.82) is 0 Å². The number of H-pyrrole nitrogens is 1. The molecule has 2 heterocycles. The summed E-state index contributed by atoms with van der Waals surface area (Å²) in [6, 6.07) is 18.9. The molecule has 0 aliphatic carbocycles. The summed E-state index contributed by atoms with van der Waals surface area (Å²) in [7, 11) is -2.61. The van der Waals surface area contributed by atoms with Crippen molar-refractivity contribution < 1.29 is 30.7 Å². The first kappa shape index (κ1) is 30.6. The van der Waals surface area contributed by atoms with E-state index in [1.54, 1.807) is 24.4 Å². The molecule has 0 aliphatic rings. The largest absolute Gasteiger partial charge is 0.494 e. The van der Waals surface area contributed by atoms with Gasteiger partial charge in [0, 0.05) is 30.4 Å². The summed E-state index contributed by atoms with van der Waals surface area (Å²) in [6.45, 7) is 0.312. The van der Waals surface area contributed by atoms with Crippen LogP contribution in [0.5, 0.6) is 5.75 Å². The van der Waals surface area contributed by atoms with Crippen molar-refractivity contribution in [2.24, 2.45) is 0 Å². The number of ether oxygens (including phenoxy) is 1. The van der Waals surface area contributed by atoms with E-state index in [1.165, 1.54) is 13.2 Å². The van der Waals surface area contributed by atoms with E-state index in [2.05, 4.69) is 25.0 Å². The zero-order valence-corrected chi connectivity index (χ0v) is 24.0. The van der Waals surface area contributed by atoms with E-state index in [9.17, 15) is 26.0 Å². The lowest BCUT2D eigenvalue weighted by Crippen LogP contribution is -2.26. The molecule has 0 aliphatic heterocycles. The number of halogens is 4. The topological polar surface area (TPSA) is 122 Å². The fraction of sp³-hybridized carbons (Fsp3) is 0.167. The Balaban J connectivity index is 1.29. The molecule has 3 N–H and O–H groups in total. The molecule has 5 aromatic rings. The molecular weight excluding hydrogens is 600 g/mol. The third-order valence-electron chi connectivity index (χ3n) is 6.51. The summed E-state index contributed by atoms with van der Waals surface area (Å²) >= 11 is 0. The monoisotopic (exact) mass is 626 g/mol. The van der Waals surface area contributed by atoms with Crippen LogP contribution in [0.2, 0.25) is 0 Å². The van der Waals surface area contributed by atoms with Crippen molar-refractivity contribution in [1.82, 2.24) is 24.7 Å². The number of benzene rings is 3. The van der Waals surface area contributed by atoms with Crippen molar-refractivity contribution in [2.75, 3.05) is 25.5 Å². The van der Waals surface area contributed by atoms with E-state index < -0.39 is 27.6 Å². The van der Waals surface area contributed by atoms with Gasteiger partial charge in [0.2, 0.25) is 16.0 Å². The Morgan fingerprint density at radius 3 is 2.36 bits per heavy atom. The molecule has 14 heteroatoms. The molecule has 228 valence electrons. The third kappa shape index (κ3) is 7.03. The molecule has 9 nitrogen and oxygen atoms in total. The smallest absolute Gasteiger partial charge is 0.416 e. The van der Waals surface area contributed by atoms with Crippen molar-refractivity contribution in [3.05, 3.63) is 96.4 Å². The number of hydrogen-bond donors (Lipinski definition) is 3. The Labute approximate surface area is 250 Å². The van der Waals surface area contributed by atoms with Gasteiger partial charge in [-0.1, -0.05) is 30.3 Å². The third-order valence-corrected chi connectivity index (χ3v) is 7.98. The second-order valence-electron chi connectivity index (χ2n) is 9.49. The highest BCUT2D eigenvalue weighted by Crippen LogP contribution is 2.35. The molecule has 5 rings (SSSR count). The number of aromatic amines is 1. The maximum Gasteiger partial charge on any atom is 0.416 e. The number of anilines is 1. The van der Waals surface area contributed by atoms with Crippen LogP contribution >= 0.6 is 0 Å². The van der Waals surface area contributed by atoms with Gasteiger partial charge in [-0.3, -0.25) is 0 Å². The summed E-state index contributed by atoms with van der Waals surface area (Å²) in [5, 5.41) is 3.04. The number of sulfonamides is 1. The second-order valence-corrected chi connectivity index (χ2v) is 11.3. The van der Waals surface area contributed by atoms with Crippen molar-refractivity contribution in [3.8, 4) is 39.8 Å². The Bertz CT molecular complexity index is 1850. The number of methoxy groups -OCH3 is 1. The minimum atomic E-state index is -4.56. The van der Waals surface area contributed by atoms with Gasteiger partial charge < -0.3 is 15.0 Å². The van der Waals surface area contributed by atoms with Gasteiger partial charge in [-0.05, 0) is 55.0 Å². The van der Waals surface area contributed by atoms with Crippen molar-refractivity contribution in [2.45, 2.75) is 17.5 Å². The van der Waals surface area contributed by atoms with E-state index in [4.69, 9.17) is 9.72 Å². The molecule has 0 atom stereocenters. The number of alkyl halides is 3. The van der Waals surface area contributed by atoms with Crippen LogP contribution in [0.3, 0.4) is 0 Å². The van der Waals surface area contributed by atoms with E-state index >= 15 is 0 Å². The molecule has 44 heavy (non-hydrogen) atoms. The van der Waals surface area contributed by atoms with Gasteiger partial charge in [0.1, 0.15) is 5.82 Å². The van der Waals surface area contributed by atoms with E-state index in [0.29, 0.717) is 41.4 Å². The van der Waals surface area contributed by atoms with E-state index in [-0.39, 0.29) is 23.1 Å². The maximum absolute atomic E-state index is 14.2. The van der Waals surface area contributed by atoms with Gasteiger partial charge in [0.05, 0.1) is 34.7 Å². The van der Waals surface area contributed by atoms with E-state index in [0.717, 1.165) is 29.8 Å². The Kier molecular flexibility index (Phi) is 8.92. The molecule has 0 bridgehead atoms. The summed E-state index contributed by atoms with van der Waals surface area (Å²) in [5.41, 5.74) is 2.08. The first-order valence-electron chi connectivity index (χ1n) is 13.3. The SMILES string of the molecule is COc1cc(-c2nc(-c3ccccc3)[nH]c2-c2ccnc(NCCCNS(=O)(=O)c3ccc(C(F)(F)F)cc3)n2)ccc1F. The van der Waals surface area contributed by atoms with Crippen LogP contribution in [0, 0.1) is 5.82 Å². The first-order chi connectivity index (χ1) is 21.0. The molecule has 0 spiro atoms. The number of imidazole rings is 1. The van der Waals surface area contributed by atoms with E-state index in [1.807, 2.05) is 30.3 Å². The molecule has 0 fully saturated rings. The van der Waals surface area contributed by atoms with Crippen LogP contribution in [0.4, 0.5) is 23.5 Å². The predicted molar refractivity (Wildman–Crippen MR) is 157 cm³/mol. The molecule has 0 saturated carbocycles. The lowest BCUT2D eigenvalue weighted by Gasteiger charge is -2.10. The molecule has 0 unspecified atom stereocenters. The predicted octanol–water partition coefficient (Wildman–Crippen LogP) is 6.15. The fourth-order valence-electron chi connectivity index (χ4n) is 4.29. The van der Waals surface area contributed by atoms with Gasteiger partial charge in [-0.25, -0.2) is 32.5 Å². The number of rotatable bonds is 11. The second kappa shape index (κ2) is 12.8. The van der Waals surface area contributed by atoms with Gasteiger partial charge in [0.25, 0.3) is 0 Å². The van der Waals surface area contributed by atoms with Gasteiger partial charge >= 0.3 is 6.18 Å². The molecule has 0 saturated heterocycles. The standard InChI is InChI=1S/C30H26F4N6O3S/c1-43-25-18-20(8-13-23(25)31)26-27(40-28(39-26)19-6-3-2-4-7-19)24-14-17-36-29(38-24)35-15-5-16-37-44(41,42)22-11-9-21(10-12-22)30(32,33)34/h2-4,6-14,17-18,37H,5,15-16H2,1H3,(H,39,40)(H,35,36,38). The number of nitrogens with zero attached hydrogens (tertiary/aromatic N) is 3. The van der Waals surface area contributed by atoms with Crippen LogP contribution in [0.1, 0.15) is 12.0 Å². The van der Waals surface area contributed by atoms with Crippen molar-refractivity contribution in [3.63, 3.8) is 0 Å². The van der Waals surface area contributed by atoms with Gasteiger partial charge in [-0.15, -0.1) is 0 Å². The zero-order valence-electron chi connectivity index (χ0n) is 23.2. The Hall–Kier alpha value is -4.82. The lowest BCUT2D eigenvalue weighted by atomic mass is 10.1. The number of hydrogen-bond acceptors (Lipinski definition) is 7. The van der Waals surface area contributed by atoms with Gasteiger partial charge in [-0.2, -0.15) is 13.2 Å². The molecule has 0 amide bonds. The molecule has 3 aromatic carbocycles. The average molecular weight is 627 g/mol. The van der Waals surface area contributed by atoms with Crippen molar-refractivity contribution >= 4 is 16.0 Å². The fourth-order valence-corrected chi connectivity index (χ4v) is 5.37. The number of aromatic nitrogens is 4. The molecule has 0 radical (unpaired) electrons. The molecular formula is C30H26F4N6O3S. The lowest BCUT2D eigenvalue weighted by molar-refractivity contribution is -0.137. The summed E-state index contributed by atoms with van der Waals surface area (Å²) < 4.78 is 84.9. The Morgan fingerprint density at radius 2 is 1.66 bits per heavy atom. The first-order valence-corrected chi connectivity index (χ1v) is 14.8. The minimum Gasteiger partial charge on any atom is -0.494 e. The minimum absolute atomic E-state index is 0.0214. The number of nitrogens with one attached hydrogen (secondary N) is 3. The zero-order chi connectivity index (χ0) is 31.3. The Morgan fingerprint density at radius 1 is 0.909 bits per heavy atom.